The number of anilines is 1. The Morgan fingerprint density at radius 3 is 2.38 bits per heavy atom. The van der Waals surface area contributed by atoms with Gasteiger partial charge in [-0.05, 0) is 36.6 Å². The topological polar surface area (TPSA) is 64.9 Å². The molecule has 1 atom stereocenters. The largest absolute Gasteiger partial charge is 0.367 e. The lowest BCUT2D eigenvalue weighted by molar-refractivity contribution is -0.0298. The van der Waals surface area contributed by atoms with Crippen molar-refractivity contribution < 1.29 is 4.74 Å². The minimum atomic E-state index is -0.00686. The van der Waals surface area contributed by atoms with E-state index in [2.05, 4.69) is 75.5 Å². The van der Waals surface area contributed by atoms with E-state index >= 15 is 0 Å². The van der Waals surface area contributed by atoms with Gasteiger partial charge in [0.05, 0.1) is 6.33 Å². The first kappa shape index (κ1) is 21.0. The zero-order valence-electron chi connectivity index (χ0n) is 18.1. The number of rotatable bonds is 7. The molecular formula is C25H27N5OS. The summed E-state index contributed by atoms with van der Waals surface area (Å²) < 4.78 is 8.06. The van der Waals surface area contributed by atoms with Gasteiger partial charge >= 0.3 is 0 Å². The van der Waals surface area contributed by atoms with E-state index < -0.39 is 0 Å². The maximum absolute atomic E-state index is 5.99. The van der Waals surface area contributed by atoms with Gasteiger partial charge in [-0.25, -0.2) is 15.0 Å². The lowest BCUT2D eigenvalue weighted by Crippen LogP contribution is -2.18. The monoisotopic (exact) mass is 445 g/mol. The molecule has 0 saturated carbocycles. The molecule has 0 radical (unpaired) electrons. The van der Waals surface area contributed by atoms with Crippen molar-refractivity contribution in [2.75, 3.05) is 24.7 Å². The predicted molar refractivity (Wildman–Crippen MR) is 129 cm³/mol. The van der Waals surface area contributed by atoms with Gasteiger partial charge in [-0.2, -0.15) is 0 Å². The van der Waals surface area contributed by atoms with E-state index in [0.29, 0.717) is 6.54 Å². The average molecular weight is 446 g/mol. The van der Waals surface area contributed by atoms with Crippen LogP contribution in [0.25, 0.3) is 11.2 Å². The summed E-state index contributed by atoms with van der Waals surface area (Å²) >= 11 is 1.54. The van der Waals surface area contributed by atoms with Crippen LogP contribution in [0.1, 0.15) is 42.5 Å². The molecule has 2 aromatic heterocycles. The molecule has 1 fully saturated rings. The molecule has 3 heterocycles. The molecule has 1 N–H and O–H groups in total. The molecule has 0 spiro atoms. The molecule has 0 aliphatic carbocycles. The molecule has 1 aliphatic heterocycles. The minimum Gasteiger partial charge on any atom is -0.367 e. The fraction of sp³-hybridized carbons (Fsp3) is 0.320. The van der Waals surface area contributed by atoms with E-state index in [-0.39, 0.29) is 12.1 Å². The van der Waals surface area contributed by atoms with Gasteiger partial charge < -0.3 is 10.1 Å². The maximum atomic E-state index is 5.99. The van der Waals surface area contributed by atoms with Crippen molar-refractivity contribution in [2.45, 2.75) is 36.6 Å². The van der Waals surface area contributed by atoms with Crippen LogP contribution in [0.3, 0.4) is 0 Å². The molecular weight excluding hydrogens is 418 g/mol. The van der Waals surface area contributed by atoms with Gasteiger partial charge in [0.2, 0.25) is 0 Å². The van der Waals surface area contributed by atoms with Gasteiger partial charge in [-0.3, -0.25) is 4.57 Å². The number of aromatic nitrogens is 4. The number of ether oxygens (including phenoxy) is 1. The molecule has 1 saturated heterocycles. The first-order valence-corrected chi connectivity index (χ1v) is 12.3. The van der Waals surface area contributed by atoms with E-state index in [0.717, 1.165) is 48.0 Å². The average Bonchev–Trinajstić information content (AvgIpc) is 3.30. The molecule has 1 unspecified atom stereocenters. The maximum Gasteiger partial charge on any atom is 0.191 e. The van der Waals surface area contributed by atoms with E-state index in [9.17, 15) is 0 Å². The number of imidazole rings is 1. The first-order valence-electron chi connectivity index (χ1n) is 11.1. The zero-order valence-corrected chi connectivity index (χ0v) is 19.0. The lowest BCUT2D eigenvalue weighted by Gasteiger charge is -2.24. The second-order valence-corrected chi connectivity index (χ2v) is 8.73. The molecule has 5 rings (SSSR count). The third kappa shape index (κ3) is 4.36. The SMILES string of the molecule is CSc1nc(NCC(c2ccccc2)c2ccccc2)c2ncn(C3CCCCO3)c2n1. The number of hydrogen-bond acceptors (Lipinski definition) is 6. The highest BCUT2D eigenvalue weighted by molar-refractivity contribution is 7.98. The highest BCUT2D eigenvalue weighted by atomic mass is 32.2. The van der Waals surface area contributed by atoms with E-state index in [4.69, 9.17) is 14.7 Å². The summed E-state index contributed by atoms with van der Waals surface area (Å²) in [7, 11) is 0. The van der Waals surface area contributed by atoms with Crippen LogP contribution in [0.5, 0.6) is 0 Å². The van der Waals surface area contributed by atoms with Crippen molar-refractivity contribution in [1.82, 2.24) is 19.5 Å². The first-order chi connectivity index (χ1) is 15.8. The van der Waals surface area contributed by atoms with Gasteiger partial charge in [0.15, 0.2) is 22.1 Å². The summed E-state index contributed by atoms with van der Waals surface area (Å²) in [6, 6.07) is 21.2. The number of benzene rings is 2. The van der Waals surface area contributed by atoms with Crippen molar-refractivity contribution in [3.63, 3.8) is 0 Å². The summed E-state index contributed by atoms with van der Waals surface area (Å²) in [5, 5.41) is 4.32. The van der Waals surface area contributed by atoms with Gasteiger partial charge in [0.1, 0.15) is 6.23 Å². The van der Waals surface area contributed by atoms with Crippen LogP contribution in [0.2, 0.25) is 0 Å². The predicted octanol–water partition coefficient (Wildman–Crippen LogP) is 5.49. The van der Waals surface area contributed by atoms with Gasteiger partial charge in [-0.1, -0.05) is 72.4 Å². The number of thioether (sulfide) groups is 1. The van der Waals surface area contributed by atoms with Crippen molar-refractivity contribution in [3.8, 4) is 0 Å². The second-order valence-electron chi connectivity index (χ2n) is 7.96. The Morgan fingerprint density at radius 1 is 1.03 bits per heavy atom. The van der Waals surface area contributed by atoms with Crippen LogP contribution in [-0.4, -0.2) is 38.9 Å². The number of nitrogens with zero attached hydrogens (tertiary/aromatic N) is 4. The standard InChI is InChI=1S/C25H27N5OS/c1-32-25-28-23(22-24(29-25)30(17-27-22)21-14-8-9-15-31-21)26-16-20(18-10-4-2-5-11-18)19-12-6-3-7-13-19/h2-7,10-13,17,20-21H,8-9,14-16H2,1H3,(H,26,28,29). The second kappa shape index (κ2) is 9.71. The summed E-state index contributed by atoms with van der Waals surface area (Å²) in [5.41, 5.74) is 4.15. The van der Waals surface area contributed by atoms with Crippen LogP contribution < -0.4 is 5.32 Å². The third-order valence-corrected chi connectivity index (χ3v) is 6.47. The number of hydrogen-bond donors (Lipinski definition) is 1. The summed E-state index contributed by atoms with van der Waals surface area (Å²) in [5.74, 6) is 0.967. The van der Waals surface area contributed by atoms with E-state index in [1.807, 2.05) is 12.6 Å². The molecule has 2 aromatic carbocycles. The normalized spacial score (nSPS) is 16.5. The van der Waals surface area contributed by atoms with Gasteiger partial charge in [0.25, 0.3) is 0 Å². The van der Waals surface area contributed by atoms with Gasteiger partial charge in [-0.15, -0.1) is 0 Å². The molecule has 164 valence electrons. The Bertz CT molecular complexity index is 1120. The molecule has 1 aliphatic rings. The summed E-state index contributed by atoms with van der Waals surface area (Å²) in [6.45, 7) is 1.49. The third-order valence-electron chi connectivity index (χ3n) is 5.93. The Kier molecular flexibility index (Phi) is 6.36. The molecule has 6 nitrogen and oxygen atoms in total. The summed E-state index contributed by atoms with van der Waals surface area (Å²) in [6.07, 6.45) is 7.09. The van der Waals surface area contributed by atoms with Crippen molar-refractivity contribution >= 4 is 28.7 Å². The van der Waals surface area contributed by atoms with Crippen molar-refractivity contribution in [2.24, 2.45) is 0 Å². The molecule has 0 amide bonds. The quantitative estimate of drug-likeness (QED) is 0.300. The minimum absolute atomic E-state index is 0.00686. The van der Waals surface area contributed by atoms with Crippen molar-refractivity contribution in [1.29, 1.82) is 0 Å². The number of fused-ring (bicyclic) bond motifs is 1. The molecule has 0 bridgehead atoms. The molecule has 7 heteroatoms. The van der Waals surface area contributed by atoms with E-state index in [1.54, 1.807) is 0 Å². The van der Waals surface area contributed by atoms with Crippen LogP contribution in [-0.2, 0) is 4.74 Å². The Hall–Kier alpha value is -2.90. The Balaban J connectivity index is 1.48. The van der Waals surface area contributed by atoms with Crippen LogP contribution >= 0.6 is 11.8 Å². The highest BCUT2D eigenvalue weighted by Gasteiger charge is 2.22. The van der Waals surface area contributed by atoms with Crippen LogP contribution in [0, 0.1) is 0 Å². The lowest BCUT2D eigenvalue weighted by atomic mass is 9.91. The van der Waals surface area contributed by atoms with Gasteiger partial charge in [0, 0.05) is 19.1 Å². The van der Waals surface area contributed by atoms with E-state index in [1.165, 1.54) is 22.9 Å². The zero-order chi connectivity index (χ0) is 21.8. The summed E-state index contributed by atoms with van der Waals surface area (Å²) in [4.78, 5) is 14.2. The molecule has 32 heavy (non-hydrogen) atoms. The van der Waals surface area contributed by atoms with Crippen LogP contribution in [0.4, 0.5) is 5.82 Å². The van der Waals surface area contributed by atoms with Crippen LogP contribution in [0.15, 0.2) is 72.1 Å². The highest BCUT2D eigenvalue weighted by Crippen LogP contribution is 2.30. The fourth-order valence-electron chi connectivity index (χ4n) is 4.26. The number of nitrogens with one attached hydrogen (secondary N) is 1. The Labute approximate surface area is 192 Å². The fourth-order valence-corrected chi connectivity index (χ4v) is 4.62. The van der Waals surface area contributed by atoms with Crippen molar-refractivity contribution in [3.05, 3.63) is 78.1 Å². The Morgan fingerprint density at radius 2 is 1.75 bits per heavy atom. The smallest absolute Gasteiger partial charge is 0.191 e. The molecule has 4 aromatic rings.